The Labute approximate surface area is 138 Å². The SMILES string of the molecule is O=C(O)c1ccncc1Cc1nn(CC(F)(F)F)c2ccc(F)cc12. The van der Waals surface area contributed by atoms with E-state index in [1.807, 2.05) is 0 Å². The summed E-state index contributed by atoms with van der Waals surface area (Å²) in [5.74, 6) is -1.81. The number of benzene rings is 1. The van der Waals surface area contributed by atoms with Crippen molar-refractivity contribution in [3.63, 3.8) is 0 Å². The van der Waals surface area contributed by atoms with E-state index in [-0.39, 0.29) is 34.1 Å². The predicted molar refractivity (Wildman–Crippen MR) is 79.7 cm³/mol. The van der Waals surface area contributed by atoms with Gasteiger partial charge in [0, 0.05) is 24.2 Å². The van der Waals surface area contributed by atoms with Crippen LogP contribution >= 0.6 is 0 Å². The number of aromatic nitrogens is 3. The molecule has 0 saturated heterocycles. The predicted octanol–water partition coefficient (Wildman–Crippen LogP) is 3.42. The van der Waals surface area contributed by atoms with E-state index in [1.54, 1.807) is 0 Å². The highest BCUT2D eigenvalue weighted by molar-refractivity contribution is 5.89. The maximum atomic E-state index is 13.5. The van der Waals surface area contributed by atoms with Crippen molar-refractivity contribution in [2.24, 2.45) is 0 Å². The van der Waals surface area contributed by atoms with E-state index in [0.29, 0.717) is 0 Å². The van der Waals surface area contributed by atoms with Crippen molar-refractivity contribution in [3.05, 3.63) is 59.3 Å². The number of fused-ring (bicyclic) bond motifs is 1. The molecule has 0 amide bonds. The topological polar surface area (TPSA) is 68.0 Å². The Kier molecular flexibility index (Phi) is 4.15. The molecule has 0 aliphatic carbocycles. The van der Waals surface area contributed by atoms with Gasteiger partial charge in [0.2, 0.25) is 0 Å². The van der Waals surface area contributed by atoms with Gasteiger partial charge < -0.3 is 5.11 Å². The maximum absolute atomic E-state index is 13.5. The molecule has 1 N–H and O–H groups in total. The first-order valence-electron chi connectivity index (χ1n) is 7.12. The van der Waals surface area contributed by atoms with Crippen molar-refractivity contribution >= 4 is 16.9 Å². The molecule has 0 bridgehead atoms. The summed E-state index contributed by atoms with van der Waals surface area (Å²) in [7, 11) is 0. The van der Waals surface area contributed by atoms with Gasteiger partial charge in [0.1, 0.15) is 12.4 Å². The van der Waals surface area contributed by atoms with Gasteiger partial charge in [-0.15, -0.1) is 0 Å². The first-order valence-corrected chi connectivity index (χ1v) is 7.12. The van der Waals surface area contributed by atoms with Crippen molar-refractivity contribution < 1.29 is 27.5 Å². The third-order valence-electron chi connectivity index (χ3n) is 3.61. The molecule has 0 radical (unpaired) electrons. The van der Waals surface area contributed by atoms with E-state index < -0.39 is 24.5 Å². The summed E-state index contributed by atoms with van der Waals surface area (Å²) in [6.45, 7) is -1.33. The Morgan fingerprint density at radius 2 is 2.00 bits per heavy atom. The number of carbonyl (C=O) groups is 1. The molecule has 5 nitrogen and oxygen atoms in total. The minimum Gasteiger partial charge on any atom is -0.478 e. The zero-order valence-electron chi connectivity index (χ0n) is 12.6. The molecular formula is C16H11F4N3O2. The van der Waals surface area contributed by atoms with Crippen LogP contribution in [-0.4, -0.2) is 32.0 Å². The lowest BCUT2D eigenvalue weighted by Crippen LogP contribution is -2.18. The zero-order valence-corrected chi connectivity index (χ0v) is 12.6. The van der Waals surface area contributed by atoms with Crippen LogP contribution in [0.4, 0.5) is 17.6 Å². The second-order valence-corrected chi connectivity index (χ2v) is 5.40. The molecule has 0 saturated carbocycles. The van der Waals surface area contributed by atoms with Gasteiger partial charge in [-0.25, -0.2) is 9.18 Å². The fourth-order valence-corrected chi connectivity index (χ4v) is 2.60. The third kappa shape index (κ3) is 3.59. The van der Waals surface area contributed by atoms with Crippen LogP contribution in [-0.2, 0) is 13.0 Å². The van der Waals surface area contributed by atoms with E-state index in [4.69, 9.17) is 0 Å². The summed E-state index contributed by atoms with van der Waals surface area (Å²) in [5.41, 5.74) is 0.506. The number of carboxylic acid groups (broad SMARTS) is 1. The molecule has 1 aromatic carbocycles. The van der Waals surface area contributed by atoms with E-state index in [9.17, 15) is 27.5 Å². The number of alkyl halides is 3. The maximum Gasteiger partial charge on any atom is 0.408 e. The van der Waals surface area contributed by atoms with Gasteiger partial charge in [-0.05, 0) is 29.8 Å². The average molecular weight is 353 g/mol. The van der Waals surface area contributed by atoms with Crippen LogP contribution in [0.5, 0.6) is 0 Å². The monoisotopic (exact) mass is 353 g/mol. The minimum absolute atomic E-state index is 0.0371. The normalized spacial score (nSPS) is 11.8. The molecule has 3 aromatic rings. The van der Waals surface area contributed by atoms with Crippen LogP contribution in [0.1, 0.15) is 21.6 Å². The van der Waals surface area contributed by atoms with Crippen LogP contribution in [0, 0.1) is 5.82 Å². The summed E-state index contributed by atoms with van der Waals surface area (Å²) < 4.78 is 52.5. The number of carboxylic acids is 1. The van der Waals surface area contributed by atoms with Crippen LogP contribution in [0.2, 0.25) is 0 Å². The van der Waals surface area contributed by atoms with E-state index >= 15 is 0 Å². The van der Waals surface area contributed by atoms with Crippen LogP contribution in [0.25, 0.3) is 10.9 Å². The molecule has 25 heavy (non-hydrogen) atoms. The molecule has 2 heterocycles. The van der Waals surface area contributed by atoms with Gasteiger partial charge >= 0.3 is 12.1 Å². The molecular weight excluding hydrogens is 342 g/mol. The largest absolute Gasteiger partial charge is 0.478 e. The Balaban J connectivity index is 2.10. The van der Waals surface area contributed by atoms with E-state index in [1.165, 1.54) is 24.5 Å². The fourth-order valence-electron chi connectivity index (χ4n) is 2.60. The molecule has 0 aliphatic heterocycles. The van der Waals surface area contributed by atoms with Gasteiger partial charge in [0.15, 0.2) is 0 Å². The molecule has 2 aromatic heterocycles. The first-order chi connectivity index (χ1) is 11.7. The molecule has 0 atom stereocenters. The highest BCUT2D eigenvalue weighted by Crippen LogP contribution is 2.26. The molecule has 0 aliphatic rings. The van der Waals surface area contributed by atoms with Crippen molar-refractivity contribution in [1.29, 1.82) is 0 Å². The van der Waals surface area contributed by atoms with Crippen LogP contribution in [0.3, 0.4) is 0 Å². The van der Waals surface area contributed by atoms with E-state index in [2.05, 4.69) is 10.1 Å². The molecule has 0 fully saturated rings. The highest BCUT2D eigenvalue weighted by atomic mass is 19.4. The van der Waals surface area contributed by atoms with Gasteiger partial charge in [0.05, 0.1) is 16.8 Å². The molecule has 0 unspecified atom stereocenters. The second kappa shape index (κ2) is 6.15. The summed E-state index contributed by atoms with van der Waals surface area (Å²) in [6, 6.07) is 4.64. The standard InChI is InChI=1S/C16H11F4N3O2/c17-10-1-2-14-12(6-10)13(22-23(14)8-16(18,19)20)5-9-7-21-4-3-11(9)15(24)25/h1-4,6-7H,5,8H2,(H,24,25). The van der Waals surface area contributed by atoms with Gasteiger partial charge in [-0.2, -0.15) is 18.3 Å². The number of pyridine rings is 1. The number of aromatic carboxylic acids is 1. The Morgan fingerprint density at radius 1 is 1.24 bits per heavy atom. The van der Waals surface area contributed by atoms with Crippen molar-refractivity contribution in [1.82, 2.24) is 14.8 Å². The average Bonchev–Trinajstić information content (AvgIpc) is 2.82. The zero-order chi connectivity index (χ0) is 18.2. The molecule has 130 valence electrons. The number of rotatable bonds is 4. The minimum atomic E-state index is -4.49. The Hall–Kier alpha value is -2.97. The fraction of sp³-hybridized carbons (Fsp3) is 0.188. The second-order valence-electron chi connectivity index (χ2n) is 5.40. The summed E-state index contributed by atoms with van der Waals surface area (Å²) >= 11 is 0. The van der Waals surface area contributed by atoms with Crippen molar-refractivity contribution in [3.8, 4) is 0 Å². The Morgan fingerprint density at radius 3 is 2.68 bits per heavy atom. The molecule has 3 rings (SSSR count). The van der Waals surface area contributed by atoms with Crippen LogP contribution in [0.15, 0.2) is 36.7 Å². The smallest absolute Gasteiger partial charge is 0.408 e. The van der Waals surface area contributed by atoms with Gasteiger partial charge in [-0.3, -0.25) is 9.67 Å². The summed E-state index contributed by atoms with van der Waals surface area (Å²) in [4.78, 5) is 15.1. The quantitative estimate of drug-likeness (QED) is 0.730. The summed E-state index contributed by atoms with van der Waals surface area (Å²) in [5, 5.41) is 13.3. The lowest BCUT2D eigenvalue weighted by Gasteiger charge is -2.07. The highest BCUT2D eigenvalue weighted by Gasteiger charge is 2.30. The lowest BCUT2D eigenvalue weighted by atomic mass is 10.0. The van der Waals surface area contributed by atoms with Crippen molar-refractivity contribution in [2.75, 3.05) is 0 Å². The van der Waals surface area contributed by atoms with E-state index in [0.717, 1.165) is 16.8 Å². The van der Waals surface area contributed by atoms with Crippen LogP contribution < -0.4 is 0 Å². The van der Waals surface area contributed by atoms with Crippen molar-refractivity contribution in [2.45, 2.75) is 19.1 Å². The first kappa shape index (κ1) is 16.9. The molecule has 0 spiro atoms. The number of hydrogen-bond donors (Lipinski definition) is 1. The third-order valence-corrected chi connectivity index (χ3v) is 3.61. The van der Waals surface area contributed by atoms with Gasteiger partial charge in [-0.1, -0.05) is 0 Å². The summed E-state index contributed by atoms with van der Waals surface area (Å²) in [6.07, 6.45) is -1.98. The number of halogens is 4. The molecule has 9 heteroatoms. The lowest BCUT2D eigenvalue weighted by molar-refractivity contribution is -0.141. The number of hydrogen-bond acceptors (Lipinski definition) is 3. The number of nitrogens with zero attached hydrogens (tertiary/aromatic N) is 3. The van der Waals surface area contributed by atoms with Gasteiger partial charge in [0.25, 0.3) is 0 Å². The Bertz CT molecular complexity index is 950.